The van der Waals surface area contributed by atoms with Gasteiger partial charge in [0.25, 0.3) is 0 Å². The third-order valence-corrected chi connectivity index (χ3v) is 5.20. The van der Waals surface area contributed by atoms with Gasteiger partial charge in [-0.25, -0.2) is 8.42 Å². The largest absolute Gasteiger partial charge is 0.481 e. The minimum Gasteiger partial charge on any atom is -0.481 e. The molecule has 2 N–H and O–H groups in total. The molecule has 0 heterocycles. The smallest absolute Gasteiger partial charge is 0.303 e. The van der Waals surface area contributed by atoms with E-state index in [9.17, 15) is 13.2 Å². The van der Waals surface area contributed by atoms with Crippen molar-refractivity contribution in [2.75, 3.05) is 18.9 Å². The van der Waals surface area contributed by atoms with E-state index in [1.165, 1.54) is 4.31 Å². The third-order valence-electron chi connectivity index (χ3n) is 3.20. The van der Waals surface area contributed by atoms with E-state index in [2.05, 4.69) is 0 Å². The van der Waals surface area contributed by atoms with Crippen LogP contribution >= 0.6 is 0 Å². The third kappa shape index (κ3) is 4.55. The molecule has 0 aromatic heterocycles. The summed E-state index contributed by atoms with van der Waals surface area (Å²) < 4.78 is 25.6. The Balaban J connectivity index is 2.61. The molecule has 1 saturated carbocycles. The summed E-state index contributed by atoms with van der Waals surface area (Å²) in [5, 5.41) is 17.5. The molecule has 0 bridgehead atoms. The minimum absolute atomic E-state index is 0.0213. The Morgan fingerprint density at radius 3 is 2.39 bits per heavy atom. The van der Waals surface area contributed by atoms with Crippen molar-refractivity contribution in [1.29, 1.82) is 0 Å². The molecule has 1 fully saturated rings. The lowest BCUT2D eigenvalue weighted by Gasteiger charge is -2.27. The average molecular weight is 279 g/mol. The summed E-state index contributed by atoms with van der Waals surface area (Å²) in [5.74, 6) is -1.14. The minimum atomic E-state index is -3.45. The lowest BCUT2D eigenvalue weighted by molar-refractivity contribution is -0.137. The molecule has 0 radical (unpaired) electrons. The average Bonchev–Trinajstić information content (AvgIpc) is 2.77. The van der Waals surface area contributed by atoms with Gasteiger partial charge in [0.2, 0.25) is 10.0 Å². The Morgan fingerprint density at radius 2 is 1.89 bits per heavy atom. The van der Waals surface area contributed by atoms with Crippen LogP contribution in [0.1, 0.15) is 38.5 Å². The van der Waals surface area contributed by atoms with Gasteiger partial charge in [-0.05, 0) is 19.3 Å². The van der Waals surface area contributed by atoms with Crippen molar-refractivity contribution in [3.8, 4) is 0 Å². The molecule has 0 aliphatic heterocycles. The first-order valence-electron chi connectivity index (χ1n) is 6.29. The molecule has 1 rings (SSSR count). The van der Waals surface area contributed by atoms with Crippen LogP contribution in [0.5, 0.6) is 0 Å². The number of carboxylic acids is 1. The van der Waals surface area contributed by atoms with Gasteiger partial charge >= 0.3 is 5.97 Å². The molecular formula is C11H21NO5S. The molecule has 0 saturated heterocycles. The predicted octanol–water partition coefficient (Wildman–Crippen LogP) is 0.418. The number of aliphatic carboxylic acids is 1. The van der Waals surface area contributed by atoms with Crippen LogP contribution in [0.25, 0.3) is 0 Å². The van der Waals surface area contributed by atoms with E-state index >= 15 is 0 Å². The maximum Gasteiger partial charge on any atom is 0.303 e. The molecule has 1 aliphatic rings. The van der Waals surface area contributed by atoms with Crippen molar-refractivity contribution in [3.05, 3.63) is 0 Å². The van der Waals surface area contributed by atoms with Gasteiger partial charge in [-0.3, -0.25) is 4.79 Å². The Labute approximate surface area is 108 Å². The number of aliphatic hydroxyl groups is 1. The van der Waals surface area contributed by atoms with E-state index in [0.717, 1.165) is 25.7 Å². The van der Waals surface area contributed by atoms with Gasteiger partial charge < -0.3 is 10.2 Å². The fraction of sp³-hybridized carbons (Fsp3) is 0.909. The summed E-state index contributed by atoms with van der Waals surface area (Å²) in [6.07, 6.45) is 3.66. The second-order valence-corrected chi connectivity index (χ2v) is 6.63. The van der Waals surface area contributed by atoms with Crippen LogP contribution in [0.2, 0.25) is 0 Å². The summed E-state index contributed by atoms with van der Waals surface area (Å²) in [5.41, 5.74) is 0. The van der Waals surface area contributed by atoms with Gasteiger partial charge in [0.15, 0.2) is 0 Å². The van der Waals surface area contributed by atoms with Crippen LogP contribution in [0, 0.1) is 0 Å². The summed E-state index contributed by atoms with van der Waals surface area (Å²) in [6.45, 7) is -0.0886. The van der Waals surface area contributed by atoms with Crippen molar-refractivity contribution >= 4 is 16.0 Å². The Morgan fingerprint density at radius 1 is 1.28 bits per heavy atom. The molecule has 0 atom stereocenters. The van der Waals surface area contributed by atoms with Crippen LogP contribution in [0.4, 0.5) is 0 Å². The summed E-state index contributed by atoms with van der Waals surface area (Å²) >= 11 is 0. The predicted molar refractivity (Wildman–Crippen MR) is 66.7 cm³/mol. The van der Waals surface area contributed by atoms with Crippen LogP contribution in [0.3, 0.4) is 0 Å². The molecule has 0 aromatic rings. The van der Waals surface area contributed by atoms with Gasteiger partial charge in [-0.1, -0.05) is 12.8 Å². The topological polar surface area (TPSA) is 94.9 Å². The number of carbonyl (C=O) groups is 1. The SMILES string of the molecule is O=C(O)CCCS(=O)(=O)N(CCO)C1CCCC1. The normalized spacial score (nSPS) is 17.4. The lowest BCUT2D eigenvalue weighted by atomic mass is 10.2. The van der Waals surface area contributed by atoms with Gasteiger partial charge in [-0.2, -0.15) is 4.31 Å². The number of hydrogen-bond donors (Lipinski definition) is 2. The Kier molecular flexibility index (Phi) is 6.04. The van der Waals surface area contributed by atoms with E-state index in [4.69, 9.17) is 10.2 Å². The fourth-order valence-corrected chi connectivity index (χ4v) is 4.13. The van der Waals surface area contributed by atoms with Crippen LogP contribution in [-0.2, 0) is 14.8 Å². The highest BCUT2D eigenvalue weighted by atomic mass is 32.2. The zero-order chi connectivity index (χ0) is 13.6. The molecule has 6 nitrogen and oxygen atoms in total. The van der Waals surface area contributed by atoms with E-state index in [-0.39, 0.29) is 37.8 Å². The van der Waals surface area contributed by atoms with Crippen molar-refractivity contribution < 1.29 is 23.4 Å². The zero-order valence-electron chi connectivity index (χ0n) is 10.4. The Hall–Kier alpha value is -0.660. The van der Waals surface area contributed by atoms with Gasteiger partial charge in [-0.15, -0.1) is 0 Å². The van der Waals surface area contributed by atoms with Crippen LogP contribution in [0.15, 0.2) is 0 Å². The zero-order valence-corrected chi connectivity index (χ0v) is 11.2. The maximum absolute atomic E-state index is 12.1. The number of sulfonamides is 1. The highest BCUT2D eigenvalue weighted by Crippen LogP contribution is 2.25. The van der Waals surface area contributed by atoms with Gasteiger partial charge in [0.05, 0.1) is 12.4 Å². The highest BCUT2D eigenvalue weighted by Gasteiger charge is 2.31. The molecule has 0 spiro atoms. The van der Waals surface area contributed by atoms with E-state index in [1.54, 1.807) is 0 Å². The standard InChI is InChI=1S/C11H21NO5S/c13-8-7-12(10-4-1-2-5-10)18(16,17)9-3-6-11(14)15/h10,13H,1-9H2,(H,14,15). The van der Waals surface area contributed by atoms with Crippen molar-refractivity contribution in [3.63, 3.8) is 0 Å². The fourth-order valence-electron chi connectivity index (χ4n) is 2.36. The first kappa shape index (κ1) is 15.4. The van der Waals surface area contributed by atoms with E-state index in [1.807, 2.05) is 0 Å². The number of rotatable bonds is 8. The molecule has 1 aliphatic carbocycles. The second-order valence-electron chi connectivity index (χ2n) is 4.59. The molecule has 0 amide bonds. The summed E-state index contributed by atoms with van der Waals surface area (Å²) in [4.78, 5) is 10.4. The quantitative estimate of drug-likeness (QED) is 0.671. The van der Waals surface area contributed by atoms with Crippen LogP contribution in [-0.4, -0.2) is 53.9 Å². The molecule has 106 valence electrons. The van der Waals surface area contributed by atoms with E-state index in [0.29, 0.717) is 0 Å². The van der Waals surface area contributed by atoms with Gasteiger partial charge in [0, 0.05) is 19.0 Å². The highest BCUT2D eigenvalue weighted by molar-refractivity contribution is 7.89. The first-order valence-corrected chi connectivity index (χ1v) is 7.90. The number of hydrogen-bond acceptors (Lipinski definition) is 4. The number of aliphatic hydroxyl groups excluding tert-OH is 1. The summed E-state index contributed by atoms with van der Waals surface area (Å²) in [7, 11) is -3.45. The van der Waals surface area contributed by atoms with Crippen LogP contribution < -0.4 is 0 Å². The van der Waals surface area contributed by atoms with Crippen molar-refractivity contribution in [2.24, 2.45) is 0 Å². The van der Waals surface area contributed by atoms with Gasteiger partial charge in [0.1, 0.15) is 0 Å². The lowest BCUT2D eigenvalue weighted by Crippen LogP contribution is -2.42. The molecule has 18 heavy (non-hydrogen) atoms. The van der Waals surface area contributed by atoms with Crippen molar-refractivity contribution in [1.82, 2.24) is 4.31 Å². The van der Waals surface area contributed by atoms with E-state index < -0.39 is 16.0 Å². The second kappa shape index (κ2) is 7.06. The van der Waals surface area contributed by atoms with Crippen molar-refractivity contribution in [2.45, 2.75) is 44.6 Å². The first-order chi connectivity index (χ1) is 8.47. The molecular weight excluding hydrogens is 258 g/mol. The monoisotopic (exact) mass is 279 g/mol. The summed E-state index contributed by atoms with van der Waals surface area (Å²) in [6, 6.07) is -0.0213. The molecule has 0 aromatic carbocycles. The Bertz CT molecular complexity index is 362. The maximum atomic E-state index is 12.1. The number of nitrogens with zero attached hydrogens (tertiary/aromatic N) is 1. The molecule has 7 heteroatoms. The number of carboxylic acid groups (broad SMARTS) is 1. The molecule has 0 unspecified atom stereocenters.